The van der Waals surface area contributed by atoms with E-state index in [4.69, 9.17) is 0 Å². The number of nitrogens with zero attached hydrogens (tertiary/aromatic N) is 1. The number of rotatable bonds is 1. The van der Waals surface area contributed by atoms with Gasteiger partial charge in [-0.05, 0) is 38.1 Å². The van der Waals surface area contributed by atoms with E-state index in [-0.39, 0.29) is 23.9 Å². The Kier molecular flexibility index (Phi) is 3.40. The molecule has 1 aromatic carbocycles. The van der Waals surface area contributed by atoms with Crippen LogP contribution in [-0.4, -0.2) is 24.5 Å². The van der Waals surface area contributed by atoms with Crippen molar-refractivity contribution in [2.75, 3.05) is 18.0 Å². The molecule has 0 aliphatic carbocycles. The lowest BCUT2D eigenvalue weighted by molar-refractivity contribution is -0.128. The van der Waals surface area contributed by atoms with Crippen molar-refractivity contribution < 1.29 is 4.79 Å². The minimum absolute atomic E-state index is 0. The zero-order valence-electron chi connectivity index (χ0n) is 9.69. The number of hydrogen-bond acceptors (Lipinski definition) is 2. The molecule has 2 aliphatic rings. The zero-order chi connectivity index (χ0) is 11.0. The van der Waals surface area contributed by atoms with Gasteiger partial charge in [-0.3, -0.25) is 4.79 Å². The molecule has 0 unspecified atom stereocenters. The average Bonchev–Trinajstić information content (AvgIpc) is 2.31. The number of piperidine rings is 1. The number of hydrogen-bond donors (Lipinski definition) is 1. The van der Waals surface area contributed by atoms with Crippen molar-refractivity contribution >= 4 is 24.0 Å². The standard InChI is InChI=1S/C13H16N2O.ClH/c16-12-10-13(6-8-14-9-7-13)15(12)11-4-2-1-3-5-11;/h1-5,14H,6-10H2;1H. The molecule has 0 saturated carbocycles. The number of anilines is 1. The van der Waals surface area contributed by atoms with Crippen LogP contribution in [0.2, 0.25) is 0 Å². The first-order valence-electron chi connectivity index (χ1n) is 5.91. The third kappa shape index (κ3) is 1.94. The van der Waals surface area contributed by atoms with Crippen LogP contribution in [0, 0.1) is 0 Å². The minimum Gasteiger partial charge on any atom is -0.317 e. The molecule has 0 bridgehead atoms. The Bertz CT molecular complexity index is 401. The van der Waals surface area contributed by atoms with E-state index in [1.54, 1.807) is 0 Å². The van der Waals surface area contributed by atoms with Crippen LogP contribution in [-0.2, 0) is 4.79 Å². The van der Waals surface area contributed by atoms with Crippen molar-refractivity contribution in [2.45, 2.75) is 24.8 Å². The van der Waals surface area contributed by atoms with Crippen molar-refractivity contribution in [3.8, 4) is 0 Å². The number of halogens is 1. The summed E-state index contributed by atoms with van der Waals surface area (Å²) in [4.78, 5) is 13.8. The summed E-state index contributed by atoms with van der Waals surface area (Å²) in [7, 11) is 0. The Balaban J connectivity index is 0.00000108. The van der Waals surface area contributed by atoms with E-state index >= 15 is 0 Å². The van der Waals surface area contributed by atoms with Crippen molar-refractivity contribution in [3.05, 3.63) is 30.3 Å². The highest BCUT2D eigenvalue weighted by Crippen LogP contribution is 2.42. The van der Waals surface area contributed by atoms with Gasteiger partial charge in [-0.25, -0.2) is 0 Å². The second-order valence-electron chi connectivity index (χ2n) is 4.72. The molecule has 3 nitrogen and oxygen atoms in total. The Morgan fingerprint density at radius 2 is 1.76 bits per heavy atom. The van der Waals surface area contributed by atoms with Gasteiger partial charge in [0.1, 0.15) is 0 Å². The number of nitrogens with one attached hydrogen (secondary N) is 1. The van der Waals surface area contributed by atoms with Gasteiger partial charge in [0.15, 0.2) is 0 Å². The Hall–Kier alpha value is -1.06. The van der Waals surface area contributed by atoms with Gasteiger partial charge >= 0.3 is 0 Å². The van der Waals surface area contributed by atoms with Crippen molar-refractivity contribution in [1.82, 2.24) is 5.32 Å². The monoisotopic (exact) mass is 252 g/mol. The van der Waals surface area contributed by atoms with Crippen LogP contribution in [0.1, 0.15) is 19.3 Å². The van der Waals surface area contributed by atoms with Gasteiger partial charge in [-0.1, -0.05) is 18.2 Å². The summed E-state index contributed by atoms with van der Waals surface area (Å²) in [5.74, 6) is 0.271. The van der Waals surface area contributed by atoms with Gasteiger partial charge in [0.2, 0.25) is 5.91 Å². The van der Waals surface area contributed by atoms with Gasteiger partial charge in [-0.15, -0.1) is 12.4 Å². The van der Waals surface area contributed by atoms with E-state index in [2.05, 4.69) is 5.32 Å². The van der Waals surface area contributed by atoms with Crippen molar-refractivity contribution in [1.29, 1.82) is 0 Å². The fourth-order valence-corrected chi connectivity index (χ4v) is 2.90. The molecule has 2 saturated heterocycles. The highest BCUT2D eigenvalue weighted by molar-refractivity contribution is 6.02. The molecule has 1 amide bonds. The maximum atomic E-state index is 11.8. The van der Waals surface area contributed by atoms with Gasteiger partial charge in [0.05, 0.1) is 12.0 Å². The molecular formula is C13H17ClN2O. The van der Waals surface area contributed by atoms with E-state index in [9.17, 15) is 4.79 Å². The van der Waals surface area contributed by atoms with Gasteiger partial charge in [0, 0.05) is 5.69 Å². The first kappa shape index (κ1) is 12.4. The maximum Gasteiger partial charge on any atom is 0.229 e. The highest BCUT2D eigenvalue weighted by atomic mass is 35.5. The summed E-state index contributed by atoms with van der Waals surface area (Å²) in [5, 5.41) is 3.36. The predicted octanol–water partition coefficient (Wildman–Crippen LogP) is 1.97. The van der Waals surface area contributed by atoms with E-state index in [1.165, 1.54) is 0 Å². The van der Waals surface area contributed by atoms with E-state index in [0.717, 1.165) is 38.0 Å². The van der Waals surface area contributed by atoms with E-state index < -0.39 is 0 Å². The maximum absolute atomic E-state index is 11.8. The molecule has 0 aromatic heterocycles. The normalized spacial score (nSPS) is 21.9. The van der Waals surface area contributed by atoms with Crippen LogP contribution in [0.15, 0.2) is 30.3 Å². The molecule has 92 valence electrons. The first-order valence-corrected chi connectivity index (χ1v) is 5.91. The average molecular weight is 253 g/mol. The third-order valence-corrected chi connectivity index (χ3v) is 3.75. The molecule has 17 heavy (non-hydrogen) atoms. The second kappa shape index (κ2) is 4.67. The van der Waals surface area contributed by atoms with E-state index in [1.807, 2.05) is 35.2 Å². The Morgan fingerprint density at radius 1 is 1.12 bits per heavy atom. The summed E-state index contributed by atoms with van der Waals surface area (Å²) < 4.78 is 0. The Morgan fingerprint density at radius 3 is 2.35 bits per heavy atom. The summed E-state index contributed by atoms with van der Waals surface area (Å²) >= 11 is 0. The predicted molar refractivity (Wildman–Crippen MR) is 70.6 cm³/mol. The molecule has 1 aromatic rings. The lowest BCUT2D eigenvalue weighted by atomic mass is 9.76. The van der Waals surface area contributed by atoms with Crippen LogP contribution in [0.3, 0.4) is 0 Å². The number of β-lactam (4-membered cyclic amide) rings is 1. The molecule has 2 aliphatic heterocycles. The first-order chi connectivity index (χ1) is 7.82. The SMILES string of the molecule is Cl.O=C1CC2(CCNCC2)N1c1ccccc1. The van der Waals surface area contributed by atoms with Crippen LogP contribution in [0.5, 0.6) is 0 Å². The highest BCUT2D eigenvalue weighted by Gasteiger charge is 2.51. The second-order valence-corrected chi connectivity index (χ2v) is 4.72. The molecule has 3 rings (SSSR count). The van der Waals surface area contributed by atoms with Crippen LogP contribution >= 0.6 is 12.4 Å². The zero-order valence-corrected chi connectivity index (χ0v) is 10.5. The topological polar surface area (TPSA) is 32.3 Å². The molecule has 0 atom stereocenters. The summed E-state index contributed by atoms with van der Waals surface area (Å²) in [5.41, 5.74) is 1.17. The number of carbonyl (C=O) groups is 1. The number of para-hydroxylation sites is 1. The lowest BCUT2D eigenvalue weighted by Gasteiger charge is -2.54. The lowest BCUT2D eigenvalue weighted by Crippen LogP contribution is -2.67. The van der Waals surface area contributed by atoms with Gasteiger partial charge < -0.3 is 10.2 Å². The quantitative estimate of drug-likeness (QED) is 0.775. The molecule has 0 radical (unpaired) electrons. The fourth-order valence-electron chi connectivity index (χ4n) is 2.90. The van der Waals surface area contributed by atoms with Crippen molar-refractivity contribution in [2.24, 2.45) is 0 Å². The number of carbonyl (C=O) groups excluding carboxylic acids is 1. The smallest absolute Gasteiger partial charge is 0.229 e. The molecule has 2 fully saturated rings. The van der Waals surface area contributed by atoms with Gasteiger partial charge in [0.25, 0.3) is 0 Å². The molecule has 2 heterocycles. The molecular weight excluding hydrogens is 236 g/mol. The van der Waals surface area contributed by atoms with Crippen LogP contribution in [0.25, 0.3) is 0 Å². The van der Waals surface area contributed by atoms with Crippen molar-refractivity contribution in [3.63, 3.8) is 0 Å². The molecule has 4 heteroatoms. The van der Waals surface area contributed by atoms with E-state index in [0.29, 0.717) is 0 Å². The van der Waals surface area contributed by atoms with Gasteiger partial charge in [-0.2, -0.15) is 0 Å². The van der Waals surface area contributed by atoms with Crippen LogP contribution < -0.4 is 10.2 Å². The minimum atomic E-state index is 0. The fraction of sp³-hybridized carbons (Fsp3) is 0.462. The van der Waals surface area contributed by atoms with Crippen LogP contribution in [0.4, 0.5) is 5.69 Å². The largest absolute Gasteiger partial charge is 0.317 e. The molecule has 1 spiro atoms. The molecule has 1 N–H and O–H groups in total. The summed E-state index contributed by atoms with van der Waals surface area (Å²) in [6.07, 6.45) is 2.88. The number of amides is 1. The summed E-state index contributed by atoms with van der Waals surface area (Å²) in [6, 6.07) is 10.0. The number of benzene rings is 1. The summed E-state index contributed by atoms with van der Waals surface area (Å²) in [6.45, 7) is 2.05. The third-order valence-electron chi connectivity index (χ3n) is 3.75. The Labute approximate surface area is 108 Å².